The topological polar surface area (TPSA) is 105 Å². The third-order valence-corrected chi connectivity index (χ3v) is 4.05. The fourth-order valence-corrected chi connectivity index (χ4v) is 2.36. The van der Waals surface area contributed by atoms with Gasteiger partial charge in [0.1, 0.15) is 5.69 Å². The van der Waals surface area contributed by atoms with Crippen molar-refractivity contribution in [2.45, 2.75) is 13.0 Å². The van der Waals surface area contributed by atoms with E-state index in [9.17, 15) is 18.0 Å². The lowest BCUT2D eigenvalue weighted by Gasteiger charge is -2.05. The smallest absolute Gasteiger partial charge is 0.270 e. The summed E-state index contributed by atoms with van der Waals surface area (Å²) >= 11 is 0. The summed E-state index contributed by atoms with van der Waals surface area (Å²) in [6, 6.07) is 1.64. The van der Waals surface area contributed by atoms with Crippen LogP contribution in [-0.4, -0.2) is 31.0 Å². The average molecular weight is 295 g/mol. The molecule has 0 bridgehead atoms. The molecule has 2 heterocycles. The summed E-state index contributed by atoms with van der Waals surface area (Å²) in [6.45, 7) is 3.54. The number of nitrogens with one attached hydrogen (secondary N) is 2. The van der Waals surface area contributed by atoms with Crippen molar-refractivity contribution in [3.63, 3.8) is 0 Å². The van der Waals surface area contributed by atoms with Crippen molar-refractivity contribution < 1.29 is 18.0 Å². The number of carbonyl (C=O) groups excluding carboxylic acids is 2. The van der Waals surface area contributed by atoms with Crippen LogP contribution in [0.5, 0.6) is 0 Å². The Morgan fingerprint density at radius 2 is 2.30 bits per heavy atom. The Balaban J connectivity index is 1.99. The van der Waals surface area contributed by atoms with Crippen molar-refractivity contribution in [2.24, 2.45) is 0 Å². The van der Waals surface area contributed by atoms with E-state index in [2.05, 4.69) is 22.2 Å². The second kappa shape index (κ2) is 5.41. The summed E-state index contributed by atoms with van der Waals surface area (Å²) in [4.78, 5) is 26.9. The quantitative estimate of drug-likeness (QED) is 0.808. The highest BCUT2D eigenvalue weighted by Crippen LogP contribution is 2.17. The number of nitrogens with zero attached hydrogens (tertiary/aromatic N) is 1. The van der Waals surface area contributed by atoms with Crippen molar-refractivity contribution in [3.8, 4) is 0 Å². The lowest BCUT2D eigenvalue weighted by Crippen LogP contribution is -2.16. The van der Waals surface area contributed by atoms with Crippen LogP contribution >= 0.6 is 0 Å². The van der Waals surface area contributed by atoms with Gasteiger partial charge in [0.05, 0.1) is 17.6 Å². The van der Waals surface area contributed by atoms with Gasteiger partial charge < -0.3 is 10.6 Å². The Bertz CT molecular complexity index is 682. The normalized spacial score (nSPS) is 13.5. The van der Waals surface area contributed by atoms with Gasteiger partial charge in [-0.2, -0.15) is 0 Å². The predicted octanol–water partition coefficient (Wildman–Crippen LogP) is 0.212. The van der Waals surface area contributed by atoms with Crippen LogP contribution in [0, 0.1) is 0 Å². The lowest BCUT2D eigenvalue weighted by atomic mass is 10.2. The van der Waals surface area contributed by atoms with Gasteiger partial charge in [-0.3, -0.25) is 9.59 Å². The number of amides is 2. The van der Waals surface area contributed by atoms with E-state index in [0.29, 0.717) is 23.5 Å². The molecule has 0 fully saturated rings. The second-order valence-electron chi connectivity index (χ2n) is 4.25. The zero-order valence-electron chi connectivity index (χ0n) is 10.5. The second-order valence-corrected chi connectivity index (χ2v) is 6.31. The lowest BCUT2D eigenvalue weighted by molar-refractivity contribution is -0.115. The number of hydrogen-bond acceptors (Lipinski definition) is 5. The van der Waals surface area contributed by atoms with Crippen LogP contribution < -0.4 is 10.6 Å². The molecule has 1 aromatic rings. The maximum Gasteiger partial charge on any atom is 0.270 e. The Kier molecular flexibility index (Phi) is 3.84. The van der Waals surface area contributed by atoms with Crippen molar-refractivity contribution in [2.75, 3.05) is 11.1 Å². The molecular formula is C12H13N3O4S. The molecule has 106 valence electrons. The fourth-order valence-electron chi connectivity index (χ4n) is 1.72. The average Bonchev–Trinajstić information content (AvgIpc) is 2.78. The zero-order chi connectivity index (χ0) is 14.8. The van der Waals surface area contributed by atoms with Crippen LogP contribution in [0.15, 0.2) is 24.3 Å². The highest BCUT2D eigenvalue weighted by atomic mass is 32.2. The molecule has 0 unspecified atom stereocenters. The van der Waals surface area contributed by atoms with E-state index in [0.717, 1.165) is 5.41 Å². The number of fused-ring (bicyclic) bond motifs is 1. The summed E-state index contributed by atoms with van der Waals surface area (Å²) in [5.74, 6) is -0.967. The minimum absolute atomic E-state index is 0.164. The highest BCUT2D eigenvalue weighted by molar-refractivity contribution is 7.94. The fraction of sp³-hybridized carbons (Fsp3) is 0.250. The van der Waals surface area contributed by atoms with Gasteiger partial charge in [0, 0.05) is 23.9 Å². The summed E-state index contributed by atoms with van der Waals surface area (Å²) in [5, 5.41) is 5.99. The van der Waals surface area contributed by atoms with E-state index in [1.165, 1.54) is 6.20 Å². The number of aromatic nitrogens is 1. The molecule has 1 aromatic heterocycles. The van der Waals surface area contributed by atoms with Crippen LogP contribution in [0.4, 0.5) is 5.69 Å². The number of anilines is 1. The van der Waals surface area contributed by atoms with E-state index in [4.69, 9.17) is 0 Å². The van der Waals surface area contributed by atoms with Crippen LogP contribution in [0.25, 0.3) is 0 Å². The maximum absolute atomic E-state index is 11.6. The molecule has 2 N–H and O–H groups in total. The molecule has 1 aliphatic heterocycles. The molecule has 0 aromatic carbocycles. The molecule has 8 heteroatoms. The molecular weight excluding hydrogens is 282 g/mol. The molecule has 0 spiro atoms. The van der Waals surface area contributed by atoms with Gasteiger partial charge in [-0.15, -0.1) is 0 Å². The molecule has 20 heavy (non-hydrogen) atoms. The van der Waals surface area contributed by atoms with Crippen molar-refractivity contribution in [1.29, 1.82) is 0 Å². The predicted molar refractivity (Wildman–Crippen MR) is 72.6 cm³/mol. The summed E-state index contributed by atoms with van der Waals surface area (Å²) < 4.78 is 22.4. The van der Waals surface area contributed by atoms with E-state index in [1.54, 1.807) is 6.07 Å². The van der Waals surface area contributed by atoms with Gasteiger partial charge in [0.25, 0.3) is 5.91 Å². The Hall–Kier alpha value is -2.22. The Morgan fingerprint density at radius 1 is 1.55 bits per heavy atom. The first-order valence-corrected chi connectivity index (χ1v) is 7.55. The minimum atomic E-state index is -3.39. The van der Waals surface area contributed by atoms with Gasteiger partial charge in [0.15, 0.2) is 9.84 Å². The molecule has 1 aliphatic rings. The number of carbonyl (C=O) groups is 2. The molecule has 2 rings (SSSR count). The maximum atomic E-state index is 11.6. The van der Waals surface area contributed by atoms with Crippen LogP contribution in [-0.2, 0) is 21.2 Å². The molecule has 0 saturated carbocycles. The first-order chi connectivity index (χ1) is 9.41. The first kappa shape index (κ1) is 14.2. The highest BCUT2D eigenvalue weighted by Gasteiger charge is 2.20. The number of hydrogen-bond donors (Lipinski definition) is 2. The first-order valence-electron chi connectivity index (χ1n) is 5.83. The summed E-state index contributed by atoms with van der Waals surface area (Å²) in [7, 11) is -3.39. The molecule has 7 nitrogen and oxygen atoms in total. The van der Waals surface area contributed by atoms with Crippen molar-refractivity contribution >= 4 is 27.3 Å². The molecule has 2 amide bonds. The molecule has 0 aliphatic carbocycles. The van der Waals surface area contributed by atoms with Crippen molar-refractivity contribution in [3.05, 3.63) is 35.5 Å². The van der Waals surface area contributed by atoms with Gasteiger partial charge >= 0.3 is 0 Å². The van der Waals surface area contributed by atoms with E-state index < -0.39 is 15.7 Å². The van der Waals surface area contributed by atoms with Crippen LogP contribution in [0.3, 0.4) is 0 Å². The SMILES string of the molecule is C=CS(=O)(=O)CCC(=O)Nc1cnc2c(c1)CNC2=O. The standard InChI is InChI=1S/C12H13N3O4S/c1-2-20(18,19)4-3-10(16)15-9-5-8-6-14-12(17)11(8)13-7-9/h2,5,7H,1,3-4,6H2,(H,14,17)(H,15,16). The largest absolute Gasteiger partial charge is 0.347 e. The van der Waals surface area contributed by atoms with Gasteiger partial charge in [-0.1, -0.05) is 6.58 Å². The van der Waals surface area contributed by atoms with Crippen LogP contribution in [0.1, 0.15) is 22.5 Å². The minimum Gasteiger partial charge on any atom is -0.347 e. The van der Waals surface area contributed by atoms with E-state index in [-0.39, 0.29) is 18.1 Å². The summed E-state index contributed by atoms with van der Waals surface area (Å²) in [6.07, 6.45) is 1.20. The monoisotopic (exact) mass is 295 g/mol. The third kappa shape index (κ3) is 3.21. The van der Waals surface area contributed by atoms with Gasteiger partial charge in [-0.25, -0.2) is 13.4 Å². The summed E-state index contributed by atoms with van der Waals surface area (Å²) in [5.41, 5.74) is 1.48. The molecule has 0 atom stereocenters. The van der Waals surface area contributed by atoms with E-state index >= 15 is 0 Å². The number of pyridine rings is 1. The Morgan fingerprint density at radius 3 is 3.00 bits per heavy atom. The molecule has 0 saturated heterocycles. The van der Waals surface area contributed by atoms with Gasteiger partial charge in [-0.05, 0) is 6.07 Å². The molecule has 0 radical (unpaired) electrons. The zero-order valence-corrected chi connectivity index (χ0v) is 11.4. The van der Waals surface area contributed by atoms with E-state index in [1.807, 2.05) is 0 Å². The third-order valence-electron chi connectivity index (χ3n) is 2.77. The van der Waals surface area contributed by atoms with Crippen molar-refractivity contribution in [1.82, 2.24) is 10.3 Å². The van der Waals surface area contributed by atoms with Crippen LogP contribution in [0.2, 0.25) is 0 Å². The van der Waals surface area contributed by atoms with Gasteiger partial charge in [0.2, 0.25) is 5.91 Å². The number of rotatable bonds is 5. The number of sulfone groups is 1. The Labute approximate surface area is 116 Å².